The van der Waals surface area contributed by atoms with Gasteiger partial charge in [0.25, 0.3) is 0 Å². The topological polar surface area (TPSA) is 0 Å². The van der Waals surface area contributed by atoms with E-state index in [9.17, 15) is 0 Å². The SMILES string of the molecule is C(#Cc1c(-c2ccccc2)c2ccccc2c2cc3ccccc3cc12)c1ccccc1. The summed E-state index contributed by atoms with van der Waals surface area (Å²) >= 11 is 0. The highest BCUT2D eigenvalue weighted by molar-refractivity contribution is 6.19. The first-order valence-electron chi connectivity index (χ1n) is 10.9. The molecule has 0 heterocycles. The predicted octanol–water partition coefficient (Wildman–Crippen LogP) is 8.21. The number of benzene rings is 6. The molecule has 148 valence electrons. The molecule has 6 rings (SSSR count). The number of hydrogen-bond donors (Lipinski definition) is 0. The summed E-state index contributed by atoms with van der Waals surface area (Å²) in [6, 6.07) is 42.7. The van der Waals surface area contributed by atoms with Crippen LogP contribution in [0.2, 0.25) is 0 Å². The first kappa shape index (κ1) is 18.4. The van der Waals surface area contributed by atoms with Crippen LogP contribution in [-0.4, -0.2) is 0 Å². The van der Waals surface area contributed by atoms with Gasteiger partial charge in [0.1, 0.15) is 0 Å². The van der Waals surface area contributed by atoms with Crippen LogP contribution < -0.4 is 0 Å². The third-order valence-corrected chi connectivity index (χ3v) is 6.06. The van der Waals surface area contributed by atoms with E-state index in [4.69, 9.17) is 0 Å². The summed E-state index contributed by atoms with van der Waals surface area (Å²) in [5.41, 5.74) is 4.50. The number of rotatable bonds is 1. The second kappa shape index (κ2) is 7.73. The molecule has 0 aliphatic carbocycles. The molecule has 0 unspecified atom stereocenters. The lowest BCUT2D eigenvalue weighted by molar-refractivity contribution is 1.63. The zero-order chi connectivity index (χ0) is 21.3. The minimum Gasteiger partial charge on any atom is -0.0622 e. The molecule has 0 radical (unpaired) electrons. The zero-order valence-electron chi connectivity index (χ0n) is 17.5. The Labute approximate surface area is 187 Å². The summed E-state index contributed by atoms with van der Waals surface area (Å²) in [5, 5.41) is 7.42. The maximum atomic E-state index is 3.58. The van der Waals surface area contributed by atoms with Crippen LogP contribution in [0.4, 0.5) is 0 Å². The van der Waals surface area contributed by atoms with Gasteiger partial charge in [-0.15, -0.1) is 0 Å². The highest BCUT2D eigenvalue weighted by atomic mass is 14.2. The monoisotopic (exact) mass is 404 g/mol. The fraction of sp³-hybridized carbons (Fsp3) is 0. The number of hydrogen-bond acceptors (Lipinski definition) is 0. The van der Waals surface area contributed by atoms with Gasteiger partial charge in [0, 0.05) is 16.7 Å². The Hall–Kier alpha value is -4.34. The first-order valence-corrected chi connectivity index (χ1v) is 10.9. The molecule has 0 bridgehead atoms. The van der Waals surface area contributed by atoms with Crippen molar-refractivity contribution in [3.8, 4) is 23.0 Å². The van der Waals surface area contributed by atoms with Gasteiger partial charge in [-0.25, -0.2) is 0 Å². The van der Waals surface area contributed by atoms with Crippen LogP contribution in [0.25, 0.3) is 43.4 Å². The minimum atomic E-state index is 1.02. The lowest BCUT2D eigenvalue weighted by Gasteiger charge is -2.16. The van der Waals surface area contributed by atoms with Crippen LogP contribution in [0, 0.1) is 11.8 Å². The predicted molar refractivity (Wildman–Crippen MR) is 137 cm³/mol. The van der Waals surface area contributed by atoms with Crippen LogP contribution in [-0.2, 0) is 0 Å². The molecule has 0 aliphatic heterocycles. The van der Waals surface area contributed by atoms with Crippen LogP contribution in [0.5, 0.6) is 0 Å². The van der Waals surface area contributed by atoms with Crippen molar-refractivity contribution in [2.24, 2.45) is 0 Å². The molecular weight excluding hydrogens is 384 g/mol. The Morgan fingerprint density at radius 2 is 0.969 bits per heavy atom. The van der Waals surface area contributed by atoms with Gasteiger partial charge in [0.2, 0.25) is 0 Å². The molecule has 6 aromatic rings. The van der Waals surface area contributed by atoms with E-state index in [1.54, 1.807) is 0 Å². The second-order valence-electron chi connectivity index (χ2n) is 8.02. The van der Waals surface area contributed by atoms with Crippen molar-refractivity contribution in [3.63, 3.8) is 0 Å². The van der Waals surface area contributed by atoms with E-state index in [0.29, 0.717) is 0 Å². The van der Waals surface area contributed by atoms with Crippen LogP contribution >= 0.6 is 0 Å². The number of fused-ring (bicyclic) bond motifs is 4. The summed E-state index contributed by atoms with van der Waals surface area (Å²) in [4.78, 5) is 0. The molecule has 0 aromatic heterocycles. The van der Waals surface area contributed by atoms with Crippen LogP contribution in [0.15, 0.2) is 121 Å². The van der Waals surface area contributed by atoms with Gasteiger partial charge in [-0.2, -0.15) is 0 Å². The maximum Gasteiger partial charge on any atom is 0.0412 e. The molecule has 0 amide bonds. The third-order valence-electron chi connectivity index (χ3n) is 6.06. The normalized spacial score (nSPS) is 10.9. The second-order valence-corrected chi connectivity index (χ2v) is 8.02. The van der Waals surface area contributed by atoms with Gasteiger partial charge < -0.3 is 0 Å². The van der Waals surface area contributed by atoms with Crippen molar-refractivity contribution < 1.29 is 0 Å². The molecule has 0 fully saturated rings. The van der Waals surface area contributed by atoms with Gasteiger partial charge in [-0.3, -0.25) is 0 Å². The highest BCUT2D eigenvalue weighted by Gasteiger charge is 2.15. The standard InChI is InChI=1S/C32H20/c1-3-11-23(12-4-1)19-20-29-31-22-26-16-8-7-15-25(26)21-30(31)27-17-9-10-18-28(27)32(29)24-13-5-2-6-14-24/h1-18,21-22H. The summed E-state index contributed by atoms with van der Waals surface area (Å²) in [7, 11) is 0. The first-order chi connectivity index (χ1) is 15.9. The molecule has 32 heavy (non-hydrogen) atoms. The smallest absolute Gasteiger partial charge is 0.0412 e. The van der Waals surface area contributed by atoms with Crippen molar-refractivity contribution in [1.82, 2.24) is 0 Å². The van der Waals surface area contributed by atoms with E-state index >= 15 is 0 Å². The summed E-state index contributed by atoms with van der Waals surface area (Å²) < 4.78 is 0. The van der Waals surface area contributed by atoms with Gasteiger partial charge in [-0.1, -0.05) is 109 Å². The molecule has 0 aliphatic rings. The van der Waals surface area contributed by atoms with Gasteiger partial charge in [0.05, 0.1) is 0 Å². The van der Waals surface area contributed by atoms with Gasteiger partial charge >= 0.3 is 0 Å². The Bertz CT molecular complexity index is 1650. The maximum absolute atomic E-state index is 3.58. The molecule has 0 nitrogen and oxygen atoms in total. The van der Waals surface area contributed by atoms with E-state index in [2.05, 4.69) is 115 Å². The molecule has 6 aromatic carbocycles. The van der Waals surface area contributed by atoms with E-state index in [0.717, 1.165) is 11.1 Å². The van der Waals surface area contributed by atoms with Crippen molar-refractivity contribution in [3.05, 3.63) is 132 Å². The average molecular weight is 405 g/mol. The van der Waals surface area contributed by atoms with Gasteiger partial charge in [-0.05, 0) is 62.1 Å². The highest BCUT2D eigenvalue weighted by Crippen LogP contribution is 2.40. The van der Waals surface area contributed by atoms with Crippen molar-refractivity contribution in [1.29, 1.82) is 0 Å². The van der Waals surface area contributed by atoms with E-state index in [1.807, 2.05) is 18.2 Å². The van der Waals surface area contributed by atoms with Crippen molar-refractivity contribution in [2.45, 2.75) is 0 Å². The Morgan fingerprint density at radius 1 is 0.406 bits per heavy atom. The largest absolute Gasteiger partial charge is 0.0622 e. The van der Waals surface area contributed by atoms with E-state index in [-0.39, 0.29) is 0 Å². The summed E-state index contributed by atoms with van der Waals surface area (Å²) in [5.74, 6) is 7.00. The zero-order valence-corrected chi connectivity index (χ0v) is 17.5. The van der Waals surface area contributed by atoms with Crippen molar-refractivity contribution in [2.75, 3.05) is 0 Å². The van der Waals surface area contributed by atoms with Crippen LogP contribution in [0.1, 0.15) is 11.1 Å². The fourth-order valence-electron chi connectivity index (χ4n) is 4.57. The van der Waals surface area contributed by atoms with Gasteiger partial charge in [0.15, 0.2) is 0 Å². The molecule has 0 atom stereocenters. The Morgan fingerprint density at radius 3 is 1.69 bits per heavy atom. The molecular formula is C32H20. The molecule has 0 saturated heterocycles. The lowest BCUT2D eigenvalue weighted by Crippen LogP contribution is -1.92. The lowest BCUT2D eigenvalue weighted by atomic mass is 9.87. The third kappa shape index (κ3) is 3.13. The van der Waals surface area contributed by atoms with E-state index < -0.39 is 0 Å². The minimum absolute atomic E-state index is 1.02. The molecule has 0 N–H and O–H groups in total. The molecule has 0 heteroatoms. The van der Waals surface area contributed by atoms with Crippen LogP contribution in [0.3, 0.4) is 0 Å². The van der Waals surface area contributed by atoms with Crippen molar-refractivity contribution >= 4 is 32.3 Å². The fourth-order valence-corrected chi connectivity index (χ4v) is 4.57. The molecule has 0 saturated carbocycles. The van der Waals surface area contributed by atoms with E-state index in [1.165, 1.54) is 43.4 Å². The average Bonchev–Trinajstić information content (AvgIpc) is 2.87. The summed E-state index contributed by atoms with van der Waals surface area (Å²) in [6.07, 6.45) is 0. The summed E-state index contributed by atoms with van der Waals surface area (Å²) in [6.45, 7) is 0. The Kier molecular flexibility index (Phi) is 4.45. The Balaban J connectivity index is 1.81. The quantitative estimate of drug-likeness (QED) is 0.147. The molecule has 0 spiro atoms.